The first-order valence-electron chi connectivity index (χ1n) is 30.4. The van der Waals surface area contributed by atoms with Crippen LogP contribution in [0.1, 0.15) is 278 Å². The second-order valence-electron chi connectivity index (χ2n) is 19.9. The van der Waals surface area contributed by atoms with Crippen LogP contribution in [-0.2, 0) is 28.6 Å². The van der Waals surface area contributed by atoms with Crippen molar-refractivity contribution in [2.75, 3.05) is 13.2 Å². The average molecular weight is 1010 g/mol. The fraction of sp³-hybridized carbons (Fsp3) is 0.687. The van der Waals surface area contributed by atoms with E-state index in [9.17, 15) is 14.4 Å². The van der Waals surface area contributed by atoms with Gasteiger partial charge in [-0.15, -0.1) is 0 Å². The fourth-order valence-electron chi connectivity index (χ4n) is 8.20. The third-order valence-corrected chi connectivity index (χ3v) is 12.7. The second kappa shape index (κ2) is 60.6. The molecule has 0 saturated heterocycles. The fourth-order valence-corrected chi connectivity index (χ4v) is 8.20. The lowest BCUT2D eigenvalue weighted by molar-refractivity contribution is -0.166. The molecule has 0 aliphatic heterocycles. The van der Waals surface area contributed by atoms with Gasteiger partial charge in [0, 0.05) is 19.3 Å². The molecule has 73 heavy (non-hydrogen) atoms. The maximum atomic E-state index is 12.8. The van der Waals surface area contributed by atoms with E-state index < -0.39 is 12.1 Å². The predicted molar refractivity (Wildman–Crippen MR) is 316 cm³/mol. The first kappa shape index (κ1) is 69.1. The molecule has 6 nitrogen and oxygen atoms in total. The van der Waals surface area contributed by atoms with Crippen molar-refractivity contribution in [1.29, 1.82) is 0 Å². The summed E-state index contributed by atoms with van der Waals surface area (Å²) in [5, 5.41) is 0. The summed E-state index contributed by atoms with van der Waals surface area (Å²) < 4.78 is 16.8. The molecule has 0 aromatic carbocycles. The summed E-state index contributed by atoms with van der Waals surface area (Å²) in [6, 6.07) is 0. The van der Waals surface area contributed by atoms with Crippen LogP contribution < -0.4 is 0 Å². The van der Waals surface area contributed by atoms with E-state index in [2.05, 4.69) is 124 Å². The highest BCUT2D eigenvalue weighted by molar-refractivity contribution is 5.71. The summed E-state index contributed by atoms with van der Waals surface area (Å²) in [7, 11) is 0. The lowest BCUT2D eigenvalue weighted by atomic mass is 10.1. The Hall–Kier alpha value is -3.93. The Labute approximate surface area is 450 Å². The van der Waals surface area contributed by atoms with Crippen molar-refractivity contribution in [2.45, 2.75) is 284 Å². The number of rotatable bonds is 54. The first-order chi connectivity index (χ1) is 36.0. The van der Waals surface area contributed by atoms with Gasteiger partial charge in [0.2, 0.25) is 0 Å². The second-order valence-corrected chi connectivity index (χ2v) is 19.9. The normalized spacial score (nSPS) is 12.9. The molecule has 0 aliphatic rings. The van der Waals surface area contributed by atoms with Gasteiger partial charge in [0.05, 0.1) is 0 Å². The lowest BCUT2D eigenvalue weighted by Gasteiger charge is -2.18. The number of ether oxygens (including phenoxy) is 3. The molecular weight excluding hydrogens is 901 g/mol. The minimum absolute atomic E-state index is 0.114. The third kappa shape index (κ3) is 58.8. The van der Waals surface area contributed by atoms with Crippen molar-refractivity contribution < 1.29 is 28.6 Å². The van der Waals surface area contributed by atoms with Crippen LogP contribution in [-0.4, -0.2) is 37.2 Å². The highest BCUT2D eigenvalue weighted by atomic mass is 16.6. The molecule has 0 heterocycles. The molecule has 416 valence electrons. The van der Waals surface area contributed by atoms with Gasteiger partial charge in [0.15, 0.2) is 6.10 Å². The van der Waals surface area contributed by atoms with Gasteiger partial charge in [-0.1, -0.05) is 252 Å². The number of hydrogen-bond acceptors (Lipinski definition) is 6. The Kier molecular flexibility index (Phi) is 57.4. The topological polar surface area (TPSA) is 78.9 Å². The average Bonchev–Trinajstić information content (AvgIpc) is 3.39. The van der Waals surface area contributed by atoms with E-state index in [1.807, 2.05) is 6.08 Å². The molecule has 1 unspecified atom stereocenters. The molecule has 0 aliphatic carbocycles. The number of hydrogen-bond donors (Lipinski definition) is 0. The predicted octanol–water partition coefficient (Wildman–Crippen LogP) is 20.7. The first-order valence-corrected chi connectivity index (χ1v) is 30.4. The summed E-state index contributed by atoms with van der Waals surface area (Å²) in [4.78, 5) is 38.2. The molecule has 0 rings (SSSR count). The monoisotopic (exact) mass is 1010 g/mol. The van der Waals surface area contributed by atoms with Gasteiger partial charge < -0.3 is 14.2 Å². The van der Waals surface area contributed by atoms with Gasteiger partial charge in [-0.25, -0.2) is 0 Å². The number of esters is 3. The molecule has 0 aromatic heterocycles. The summed E-state index contributed by atoms with van der Waals surface area (Å²) in [5.41, 5.74) is 0. The smallest absolute Gasteiger partial charge is 0.306 e. The van der Waals surface area contributed by atoms with E-state index in [0.29, 0.717) is 19.3 Å². The zero-order chi connectivity index (χ0) is 52.9. The SMILES string of the molecule is CC/C=C\C/C=C\C/C=C\C/C=C\C/C=C\C/C=C\CCC(=O)OC(COC(=O)CCCCCCC/C=C\CCCCCCCC)COC(=O)CCCCCCCCCCC/C=C\C/C=C\CCCCCCC. The van der Waals surface area contributed by atoms with Crippen LogP contribution in [0.5, 0.6) is 0 Å². The Balaban J connectivity index is 4.50. The van der Waals surface area contributed by atoms with E-state index >= 15 is 0 Å². The highest BCUT2D eigenvalue weighted by Gasteiger charge is 2.19. The minimum Gasteiger partial charge on any atom is -0.462 e. The Bertz CT molecular complexity index is 1490. The molecule has 1 atom stereocenters. The van der Waals surface area contributed by atoms with Crippen molar-refractivity contribution in [3.63, 3.8) is 0 Å². The molecule has 0 N–H and O–H groups in total. The van der Waals surface area contributed by atoms with Gasteiger partial charge in [-0.3, -0.25) is 14.4 Å². The van der Waals surface area contributed by atoms with Crippen molar-refractivity contribution in [3.05, 3.63) is 109 Å². The maximum Gasteiger partial charge on any atom is 0.306 e. The molecule has 0 saturated carbocycles. The van der Waals surface area contributed by atoms with E-state index in [4.69, 9.17) is 14.2 Å². The van der Waals surface area contributed by atoms with Gasteiger partial charge >= 0.3 is 17.9 Å². The maximum absolute atomic E-state index is 12.8. The van der Waals surface area contributed by atoms with Crippen molar-refractivity contribution >= 4 is 17.9 Å². The van der Waals surface area contributed by atoms with E-state index in [1.165, 1.54) is 135 Å². The van der Waals surface area contributed by atoms with Crippen LogP contribution >= 0.6 is 0 Å². The van der Waals surface area contributed by atoms with Crippen LogP contribution in [0.25, 0.3) is 0 Å². The van der Waals surface area contributed by atoms with E-state index in [1.54, 1.807) is 0 Å². The largest absolute Gasteiger partial charge is 0.462 e. The summed E-state index contributed by atoms with van der Waals surface area (Å²) in [6.45, 7) is 6.45. The standard InChI is InChI=1S/C67H112O6/c1-4-7-10-13-16-19-22-25-28-30-32-33-35-36-39-42-45-48-51-54-57-60-66(69)72-63-64(62-71-65(68)59-56-53-50-47-44-41-38-27-24-21-18-15-12-9-6-3)73-67(70)61-58-55-52-49-46-43-40-37-34-31-29-26-23-20-17-14-11-8-5-2/h8,11,17,20,22,25-27,29-30,32,34,37-38,43,46,52,55,64H,4-7,9-10,12-16,18-19,21,23-24,28,31,33,35-36,39-42,44-45,47-51,53-54,56-63H2,1-3H3/b11-8-,20-17-,25-22-,29-26-,32-30-,37-34-,38-27-,46-43-,55-52-. The Morgan fingerprint density at radius 2 is 0.562 bits per heavy atom. The van der Waals surface area contributed by atoms with Gasteiger partial charge in [0.25, 0.3) is 0 Å². The van der Waals surface area contributed by atoms with Crippen LogP contribution in [0, 0.1) is 0 Å². The zero-order valence-electron chi connectivity index (χ0n) is 47.6. The molecule has 0 bridgehead atoms. The quantitative estimate of drug-likeness (QED) is 0.0261. The van der Waals surface area contributed by atoms with Gasteiger partial charge in [-0.2, -0.15) is 0 Å². The number of carbonyl (C=O) groups excluding carboxylic acids is 3. The zero-order valence-corrected chi connectivity index (χ0v) is 47.6. The molecular formula is C67H112O6. The van der Waals surface area contributed by atoms with Gasteiger partial charge in [0.1, 0.15) is 13.2 Å². The van der Waals surface area contributed by atoms with Crippen LogP contribution in [0.15, 0.2) is 109 Å². The highest BCUT2D eigenvalue weighted by Crippen LogP contribution is 2.14. The van der Waals surface area contributed by atoms with Crippen LogP contribution in [0.2, 0.25) is 0 Å². The van der Waals surface area contributed by atoms with Crippen LogP contribution in [0.3, 0.4) is 0 Å². The molecule has 0 aromatic rings. The number of allylic oxidation sites excluding steroid dienone is 18. The van der Waals surface area contributed by atoms with E-state index in [0.717, 1.165) is 96.3 Å². The molecule has 0 amide bonds. The molecule has 0 spiro atoms. The van der Waals surface area contributed by atoms with Gasteiger partial charge in [-0.05, 0) is 116 Å². The summed E-state index contributed by atoms with van der Waals surface area (Å²) >= 11 is 0. The van der Waals surface area contributed by atoms with Crippen molar-refractivity contribution in [3.8, 4) is 0 Å². The molecule has 6 heteroatoms. The summed E-state index contributed by atoms with van der Waals surface area (Å²) in [6.07, 6.45) is 82.4. The van der Waals surface area contributed by atoms with Crippen molar-refractivity contribution in [1.82, 2.24) is 0 Å². The Morgan fingerprint density at radius 1 is 0.288 bits per heavy atom. The molecule has 0 radical (unpaired) electrons. The summed E-state index contributed by atoms with van der Waals surface area (Å²) in [5.74, 6) is -1.01. The minimum atomic E-state index is -0.826. The molecule has 0 fully saturated rings. The number of unbranched alkanes of at least 4 members (excludes halogenated alkanes) is 25. The van der Waals surface area contributed by atoms with Crippen molar-refractivity contribution in [2.24, 2.45) is 0 Å². The van der Waals surface area contributed by atoms with Crippen LogP contribution in [0.4, 0.5) is 0 Å². The third-order valence-electron chi connectivity index (χ3n) is 12.7. The number of carbonyl (C=O) groups is 3. The Morgan fingerprint density at radius 3 is 0.904 bits per heavy atom. The van der Waals surface area contributed by atoms with E-state index in [-0.39, 0.29) is 31.6 Å². The lowest BCUT2D eigenvalue weighted by Crippen LogP contribution is -2.30.